The zero-order valence-corrected chi connectivity index (χ0v) is 13.2. The number of esters is 1. The van der Waals surface area contributed by atoms with Crippen molar-refractivity contribution in [2.75, 3.05) is 6.54 Å². The molecule has 0 fully saturated rings. The summed E-state index contributed by atoms with van der Waals surface area (Å²) in [5.74, 6) is 0.157. The first-order chi connectivity index (χ1) is 10.6. The second-order valence-corrected chi connectivity index (χ2v) is 4.99. The number of ether oxygens (including phenoxy) is 1. The second-order valence-electron chi connectivity index (χ2n) is 4.99. The van der Waals surface area contributed by atoms with Crippen LogP contribution in [0.15, 0.2) is 35.3 Å². The topological polar surface area (TPSA) is 55.7 Å². The van der Waals surface area contributed by atoms with E-state index < -0.39 is 0 Å². The van der Waals surface area contributed by atoms with Gasteiger partial charge >= 0.3 is 5.97 Å². The Kier molecular flexibility index (Phi) is 8.50. The van der Waals surface area contributed by atoms with Gasteiger partial charge < -0.3 is 4.74 Å². The number of nitrogens with zero attached hydrogens (tertiary/aromatic N) is 1. The maximum Gasteiger partial charge on any atom is 0.316 e. The lowest BCUT2D eigenvalue weighted by Gasteiger charge is -2.02. The summed E-state index contributed by atoms with van der Waals surface area (Å²) >= 11 is 0. The molecule has 4 nitrogen and oxygen atoms in total. The number of allylic oxidation sites excluding steroid dienone is 1. The fraction of sp³-hybridized carbons (Fsp3) is 0.389. The first-order valence-corrected chi connectivity index (χ1v) is 7.59. The van der Waals surface area contributed by atoms with E-state index in [0.29, 0.717) is 5.75 Å². The summed E-state index contributed by atoms with van der Waals surface area (Å²) in [6.07, 6.45) is 8.38. The third-order valence-electron chi connectivity index (χ3n) is 2.90. The van der Waals surface area contributed by atoms with E-state index in [1.54, 1.807) is 36.6 Å². The van der Waals surface area contributed by atoms with Crippen molar-refractivity contribution in [1.82, 2.24) is 0 Å². The number of benzene rings is 1. The standard InChI is InChI=1S/C18H23NO3/c1-3-4-5-13-19-14-12-18(21)22-17-10-8-16(9-11-17)7-6-15(2)20/h6-11,14H,3-5,12-13H2,1-2H3. The minimum Gasteiger partial charge on any atom is -0.426 e. The van der Waals surface area contributed by atoms with Crippen LogP contribution in [0.3, 0.4) is 0 Å². The highest BCUT2D eigenvalue weighted by Crippen LogP contribution is 2.13. The SMILES string of the molecule is CCCCCN=CCC(=O)Oc1ccc(C=CC(C)=O)cc1. The minimum absolute atomic E-state index is 0.00581. The molecule has 0 saturated carbocycles. The fourth-order valence-corrected chi connectivity index (χ4v) is 1.72. The van der Waals surface area contributed by atoms with Gasteiger partial charge in [0.1, 0.15) is 5.75 Å². The van der Waals surface area contributed by atoms with Crippen molar-refractivity contribution in [2.45, 2.75) is 39.5 Å². The normalized spacial score (nSPS) is 11.2. The van der Waals surface area contributed by atoms with Crippen LogP contribution in [0.25, 0.3) is 6.08 Å². The Bertz CT molecular complexity index is 530. The molecule has 4 heteroatoms. The summed E-state index contributed by atoms with van der Waals surface area (Å²) < 4.78 is 5.20. The molecule has 0 aromatic heterocycles. The van der Waals surface area contributed by atoms with Crippen molar-refractivity contribution < 1.29 is 14.3 Å². The van der Waals surface area contributed by atoms with Gasteiger partial charge in [-0.05, 0) is 37.1 Å². The molecule has 0 saturated heterocycles. The molecule has 1 rings (SSSR count). The van der Waals surface area contributed by atoms with Gasteiger partial charge in [-0.3, -0.25) is 14.6 Å². The Hall–Kier alpha value is -2.23. The van der Waals surface area contributed by atoms with Crippen LogP contribution in [-0.2, 0) is 9.59 Å². The average molecular weight is 301 g/mol. The van der Waals surface area contributed by atoms with Crippen molar-refractivity contribution in [3.8, 4) is 5.75 Å². The molecule has 0 N–H and O–H groups in total. The molecule has 0 spiro atoms. The summed E-state index contributed by atoms with van der Waals surface area (Å²) in [5, 5.41) is 0. The summed E-state index contributed by atoms with van der Waals surface area (Å²) in [4.78, 5) is 26.7. The van der Waals surface area contributed by atoms with Crippen LogP contribution >= 0.6 is 0 Å². The fourth-order valence-electron chi connectivity index (χ4n) is 1.72. The molecule has 118 valence electrons. The van der Waals surface area contributed by atoms with E-state index in [1.165, 1.54) is 13.0 Å². The van der Waals surface area contributed by atoms with Crippen LogP contribution in [0, 0.1) is 0 Å². The molecule has 0 radical (unpaired) electrons. The van der Waals surface area contributed by atoms with Crippen LogP contribution in [0.4, 0.5) is 0 Å². The third-order valence-corrected chi connectivity index (χ3v) is 2.90. The Morgan fingerprint density at radius 3 is 2.55 bits per heavy atom. The largest absolute Gasteiger partial charge is 0.426 e. The maximum atomic E-state index is 11.6. The maximum absolute atomic E-state index is 11.6. The Labute approximate surface area is 131 Å². The molecular weight excluding hydrogens is 278 g/mol. The molecule has 0 aliphatic carbocycles. The lowest BCUT2D eigenvalue weighted by molar-refractivity contribution is -0.132. The Balaban J connectivity index is 2.37. The molecular formula is C18H23NO3. The van der Waals surface area contributed by atoms with Crippen molar-refractivity contribution in [1.29, 1.82) is 0 Å². The molecule has 0 heterocycles. The van der Waals surface area contributed by atoms with Crippen molar-refractivity contribution >= 4 is 24.0 Å². The zero-order chi connectivity index (χ0) is 16.2. The highest BCUT2D eigenvalue weighted by atomic mass is 16.5. The van der Waals surface area contributed by atoms with E-state index in [1.807, 2.05) is 0 Å². The number of hydrogen-bond donors (Lipinski definition) is 0. The predicted molar refractivity (Wildman–Crippen MR) is 89.3 cm³/mol. The van der Waals surface area contributed by atoms with Crippen LogP contribution in [0.5, 0.6) is 5.75 Å². The predicted octanol–water partition coefficient (Wildman–Crippen LogP) is 3.85. The molecule has 0 atom stereocenters. The highest BCUT2D eigenvalue weighted by molar-refractivity contribution is 5.91. The number of carbonyl (C=O) groups excluding carboxylic acids is 2. The van der Waals surface area contributed by atoms with E-state index in [9.17, 15) is 9.59 Å². The average Bonchev–Trinajstić information content (AvgIpc) is 2.50. The third kappa shape index (κ3) is 8.15. The molecule has 0 unspecified atom stereocenters. The lowest BCUT2D eigenvalue weighted by atomic mass is 10.2. The molecule has 0 bridgehead atoms. The number of aliphatic imine (C=N–C) groups is 1. The smallest absolute Gasteiger partial charge is 0.316 e. The van der Waals surface area contributed by atoms with Crippen molar-refractivity contribution in [2.24, 2.45) is 4.99 Å². The number of hydrogen-bond acceptors (Lipinski definition) is 4. The van der Waals surface area contributed by atoms with Gasteiger partial charge in [-0.2, -0.15) is 0 Å². The van der Waals surface area contributed by atoms with Gasteiger partial charge in [0.25, 0.3) is 0 Å². The summed E-state index contributed by atoms with van der Waals surface area (Å²) in [7, 11) is 0. The summed E-state index contributed by atoms with van der Waals surface area (Å²) in [6.45, 7) is 4.40. The van der Waals surface area contributed by atoms with Crippen LogP contribution in [-0.4, -0.2) is 24.5 Å². The van der Waals surface area contributed by atoms with E-state index in [2.05, 4.69) is 11.9 Å². The zero-order valence-electron chi connectivity index (χ0n) is 13.2. The Morgan fingerprint density at radius 2 is 1.91 bits per heavy atom. The van der Waals surface area contributed by atoms with Gasteiger partial charge in [-0.1, -0.05) is 38.0 Å². The number of rotatable bonds is 9. The number of ketones is 1. The van der Waals surface area contributed by atoms with E-state index >= 15 is 0 Å². The van der Waals surface area contributed by atoms with Gasteiger partial charge in [0.15, 0.2) is 5.78 Å². The quantitative estimate of drug-likeness (QED) is 0.229. The summed E-state index contributed by atoms with van der Waals surface area (Å²) in [5.41, 5.74) is 0.882. The molecule has 1 aromatic rings. The van der Waals surface area contributed by atoms with Gasteiger partial charge in [-0.15, -0.1) is 0 Å². The number of unbranched alkanes of at least 4 members (excludes halogenated alkanes) is 2. The van der Waals surface area contributed by atoms with Gasteiger partial charge in [-0.25, -0.2) is 0 Å². The van der Waals surface area contributed by atoms with Gasteiger partial charge in [0, 0.05) is 12.8 Å². The molecule has 0 aliphatic heterocycles. The molecule has 0 aliphatic rings. The number of carbonyl (C=O) groups is 2. The van der Waals surface area contributed by atoms with Crippen molar-refractivity contribution in [3.05, 3.63) is 35.9 Å². The molecule has 22 heavy (non-hydrogen) atoms. The Morgan fingerprint density at radius 1 is 1.18 bits per heavy atom. The van der Waals surface area contributed by atoms with Crippen LogP contribution in [0.2, 0.25) is 0 Å². The van der Waals surface area contributed by atoms with Crippen molar-refractivity contribution in [3.63, 3.8) is 0 Å². The molecule has 0 amide bonds. The van der Waals surface area contributed by atoms with E-state index in [4.69, 9.17) is 4.74 Å². The minimum atomic E-state index is -0.328. The first-order valence-electron chi connectivity index (χ1n) is 7.59. The second kappa shape index (κ2) is 10.5. The summed E-state index contributed by atoms with van der Waals surface area (Å²) in [6, 6.07) is 6.99. The van der Waals surface area contributed by atoms with Crippen LogP contribution < -0.4 is 4.74 Å². The van der Waals surface area contributed by atoms with Gasteiger partial charge in [0.2, 0.25) is 0 Å². The van der Waals surface area contributed by atoms with Crippen LogP contribution in [0.1, 0.15) is 45.1 Å². The lowest BCUT2D eigenvalue weighted by Crippen LogP contribution is -2.08. The van der Waals surface area contributed by atoms with E-state index in [0.717, 1.165) is 31.4 Å². The highest BCUT2D eigenvalue weighted by Gasteiger charge is 2.02. The van der Waals surface area contributed by atoms with Gasteiger partial charge in [0.05, 0.1) is 6.42 Å². The van der Waals surface area contributed by atoms with E-state index in [-0.39, 0.29) is 18.2 Å². The monoisotopic (exact) mass is 301 g/mol. The molecule has 1 aromatic carbocycles. The first kappa shape index (κ1) is 17.8.